The van der Waals surface area contributed by atoms with Crippen molar-refractivity contribution in [3.05, 3.63) is 29.8 Å². The highest BCUT2D eigenvalue weighted by atomic mass is 35.5. The molecule has 1 aromatic carbocycles. The Morgan fingerprint density at radius 2 is 1.71 bits per heavy atom. The van der Waals surface area contributed by atoms with Gasteiger partial charge in [-0.2, -0.15) is 0 Å². The second kappa shape index (κ2) is 8.02. The molecule has 1 aromatic rings. The highest BCUT2D eigenvalue weighted by molar-refractivity contribution is 7.99. The molecule has 0 aliphatic rings. The largest absolute Gasteiger partial charge is 0.315 e. The minimum Gasteiger partial charge on any atom is -0.315 e. The summed E-state index contributed by atoms with van der Waals surface area (Å²) < 4.78 is 0. The summed E-state index contributed by atoms with van der Waals surface area (Å²) in [5, 5.41) is 3.49. The number of nitrogens with one attached hydrogen (secondary N) is 1. The summed E-state index contributed by atoms with van der Waals surface area (Å²) in [5.74, 6) is 1.14. The quantitative estimate of drug-likeness (QED) is 0.639. The first kappa shape index (κ1) is 16.8. The van der Waals surface area contributed by atoms with Crippen molar-refractivity contribution < 1.29 is 0 Å². The molecule has 1 nitrogen and oxygen atoms in total. The molecule has 3 heteroatoms. The van der Waals surface area contributed by atoms with Crippen molar-refractivity contribution in [2.75, 3.05) is 18.8 Å². The van der Waals surface area contributed by atoms with E-state index in [1.54, 1.807) is 0 Å². The lowest BCUT2D eigenvalue weighted by Gasteiger charge is -2.18. The summed E-state index contributed by atoms with van der Waals surface area (Å²) in [6.07, 6.45) is 0. The topological polar surface area (TPSA) is 12.0 Å². The van der Waals surface area contributed by atoms with Crippen LogP contribution < -0.4 is 5.32 Å². The van der Waals surface area contributed by atoms with Crippen molar-refractivity contribution in [3.8, 4) is 0 Å². The van der Waals surface area contributed by atoms with Gasteiger partial charge in [-0.3, -0.25) is 0 Å². The molecule has 0 aromatic heterocycles. The fourth-order valence-corrected chi connectivity index (χ4v) is 2.15. The minimum atomic E-state index is 0. The van der Waals surface area contributed by atoms with Crippen molar-refractivity contribution in [2.45, 2.75) is 32.6 Å². The van der Waals surface area contributed by atoms with Crippen molar-refractivity contribution >= 4 is 24.2 Å². The first-order valence-electron chi connectivity index (χ1n) is 5.87. The van der Waals surface area contributed by atoms with Crippen LogP contribution in [-0.4, -0.2) is 18.8 Å². The van der Waals surface area contributed by atoms with E-state index in [4.69, 9.17) is 0 Å². The minimum absolute atomic E-state index is 0. The van der Waals surface area contributed by atoms with Crippen LogP contribution >= 0.6 is 24.2 Å². The van der Waals surface area contributed by atoms with E-state index in [1.807, 2.05) is 11.8 Å². The Hall–Kier alpha value is -0.180. The van der Waals surface area contributed by atoms with Crippen LogP contribution in [0.4, 0.5) is 0 Å². The van der Waals surface area contributed by atoms with Crippen molar-refractivity contribution in [2.24, 2.45) is 5.41 Å². The molecule has 0 aliphatic carbocycles. The molecule has 1 N–H and O–H groups in total. The van der Waals surface area contributed by atoms with E-state index in [-0.39, 0.29) is 12.4 Å². The lowest BCUT2D eigenvalue weighted by Crippen LogP contribution is -2.28. The van der Waals surface area contributed by atoms with Crippen LogP contribution in [0.5, 0.6) is 0 Å². The maximum absolute atomic E-state index is 3.49. The zero-order valence-electron chi connectivity index (χ0n) is 11.2. The molecule has 0 radical (unpaired) electrons. The summed E-state index contributed by atoms with van der Waals surface area (Å²) in [4.78, 5) is 1.36. The average molecular weight is 274 g/mol. The lowest BCUT2D eigenvalue weighted by atomic mass is 9.97. The van der Waals surface area contributed by atoms with Gasteiger partial charge in [0, 0.05) is 23.7 Å². The zero-order valence-corrected chi connectivity index (χ0v) is 12.9. The monoisotopic (exact) mass is 273 g/mol. The number of halogens is 1. The fraction of sp³-hybridized carbons (Fsp3) is 0.571. The van der Waals surface area contributed by atoms with Gasteiger partial charge in [0.2, 0.25) is 0 Å². The molecule has 0 bridgehead atoms. The second-order valence-electron chi connectivity index (χ2n) is 5.40. The number of rotatable bonds is 5. The summed E-state index contributed by atoms with van der Waals surface area (Å²) >= 11 is 1.92. The third-order valence-electron chi connectivity index (χ3n) is 2.22. The van der Waals surface area contributed by atoms with Gasteiger partial charge in [-0.15, -0.1) is 24.2 Å². The van der Waals surface area contributed by atoms with E-state index in [0.717, 1.165) is 18.8 Å². The van der Waals surface area contributed by atoms with Gasteiger partial charge in [-0.25, -0.2) is 0 Å². The summed E-state index contributed by atoms with van der Waals surface area (Å²) in [7, 11) is 0. The molecule has 0 unspecified atom stereocenters. The summed E-state index contributed by atoms with van der Waals surface area (Å²) in [5.41, 5.74) is 1.71. The lowest BCUT2D eigenvalue weighted by molar-refractivity contribution is 0.385. The molecule has 0 fully saturated rings. The van der Waals surface area contributed by atoms with Crippen molar-refractivity contribution in [1.29, 1.82) is 0 Å². The Balaban J connectivity index is 0.00000256. The van der Waals surface area contributed by atoms with Gasteiger partial charge >= 0.3 is 0 Å². The van der Waals surface area contributed by atoms with Crippen molar-refractivity contribution in [1.82, 2.24) is 5.32 Å². The maximum Gasteiger partial charge on any atom is 0.0106 e. The fourth-order valence-electron chi connectivity index (χ4n) is 1.34. The van der Waals surface area contributed by atoms with Crippen LogP contribution in [0.2, 0.25) is 0 Å². The molecule has 0 saturated carbocycles. The average Bonchev–Trinajstić information content (AvgIpc) is 2.19. The van der Waals surface area contributed by atoms with Crippen LogP contribution in [0.1, 0.15) is 26.3 Å². The van der Waals surface area contributed by atoms with Crippen molar-refractivity contribution in [3.63, 3.8) is 0 Å². The molecule has 17 heavy (non-hydrogen) atoms. The van der Waals surface area contributed by atoms with Gasteiger partial charge in [0.05, 0.1) is 0 Å². The van der Waals surface area contributed by atoms with Crippen LogP contribution in [0.3, 0.4) is 0 Å². The molecular weight excluding hydrogens is 250 g/mol. The van der Waals surface area contributed by atoms with Crippen LogP contribution in [-0.2, 0) is 0 Å². The Kier molecular flexibility index (Phi) is 7.93. The predicted octanol–water partition coefficient (Wildman–Crippen LogP) is 4.14. The van der Waals surface area contributed by atoms with Gasteiger partial charge in [0.1, 0.15) is 0 Å². The summed E-state index contributed by atoms with van der Waals surface area (Å²) in [6, 6.07) is 8.74. The molecule has 0 aliphatic heterocycles. The smallest absolute Gasteiger partial charge is 0.0106 e. The Morgan fingerprint density at radius 1 is 1.12 bits per heavy atom. The molecule has 98 valence electrons. The molecule has 1 rings (SSSR count). The molecule has 0 heterocycles. The van der Waals surface area contributed by atoms with Gasteiger partial charge in [-0.05, 0) is 24.5 Å². The van der Waals surface area contributed by atoms with E-state index in [2.05, 4.69) is 57.3 Å². The Labute approximate surface area is 116 Å². The highest BCUT2D eigenvalue weighted by Gasteiger charge is 2.08. The third-order valence-corrected chi connectivity index (χ3v) is 3.24. The second-order valence-corrected chi connectivity index (χ2v) is 6.57. The predicted molar refractivity (Wildman–Crippen MR) is 81.5 cm³/mol. The standard InChI is InChI=1S/C14H23NS.ClH/c1-12-5-7-13(8-6-12)16-10-9-15-11-14(2,3)4;/h5-8,15H,9-11H2,1-4H3;1H. The van der Waals surface area contributed by atoms with Gasteiger partial charge in [0.25, 0.3) is 0 Å². The Morgan fingerprint density at radius 3 is 2.24 bits per heavy atom. The van der Waals surface area contributed by atoms with Crippen LogP contribution in [0.15, 0.2) is 29.2 Å². The van der Waals surface area contributed by atoms with E-state index >= 15 is 0 Å². The number of hydrogen-bond donors (Lipinski definition) is 1. The highest BCUT2D eigenvalue weighted by Crippen LogP contribution is 2.17. The van der Waals surface area contributed by atoms with Gasteiger partial charge < -0.3 is 5.32 Å². The SMILES string of the molecule is Cc1ccc(SCCNCC(C)(C)C)cc1.Cl. The van der Waals surface area contributed by atoms with E-state index in [1.165, 1.54) is 10.5 Å². The number of aryl methyl sites for hydroxylation is 1. The van der Waals surface area contributed by atoms with E-state index < -0.39 is 0 Å². The van der Waals surface area contributed by atoms with Gasteiger partial charge in [0.15, 0.2) is 0 Å². The van der Waals surface area contributed by atoms with E-state index in [9.17, 15) is 0 Å². The summed E-state index contributed by atoms with van der Waals surface area (Å²) in [6.45, 7) is 11.1. The normalized spacial score (nSPS) is 11.1. The molecule has 0 saturated heterocycles. The Bertz CT molecular complexity index is 303. The maximum atomic E-state index is 3.49. The van der Waals surface area contributed by atoms with Gasteiger partial charge in [-0.1, -0.05) is 38.5 Å². The zero-order chi connectivity index (χ0) is 12.0. The third kappa shape index (κ3) is 8.53. The first-order valence-corrected chi connectivity index (χ1v) is 6.86. The molecular formula is C14H24ClNS. The van der Waals surface area contributed by atoms with Crippen LogP contribution in [0, 0.1) is 12.3 Å². The van der Waals surface area contributed by atoms with Crippen LogP contribution in [0.25, 0.3) is 0 Å². The first-order chi connectivity index (χ1) is 7.47. The van der Waals surface area contributed by atoms with E-state index in [0.29, 0.717) is 5.41 Å². The molecule has 0 amide bonds. The molecule has 0 atom stereocenters. The number of hydrogen-bond acceptors (Lipinski definition) is 2. The molecule has 0 spiro atoms. The number of thioether (sulfide) groups is 1. The number of benzene rings is 1.